The van der Waals surface area contributed by atoms with Crippen LogP contribution in [0.25, 0.3) is 0 Å². The smallest absolute Gasteiger partial charge is 0.283 e. The van der Waals surface area contributed by atoms with Crippen molar-refractivity contribution in [3.05, 3.63) is 91.4 Å². The highest BCUT2D eigenvalue weighted by Gasteiger charge is 2.51. The van der Waals surface area contributed by atoms with Crippen molar-refractivity contribution in [2.24, 2.45) is 0 Å². The molecular formula is C19H12Cl4O5S. The lowest BCUT2D eigenvalue weighted by molar-refractivity contribution is 0.440. The van der Waals surface area contributed by atoms with Gasteiger partial charge in [0.15, 0.2) is 4.75 Å². The van der Waals surface area contributed by atoms with Crippen LogP contribution in [0.5, 0.6) is 11.5 Å². The highest BCUT2D eigenvalue weighted by molar-refractivity contribution is 7.87. The first-order valence-corrected chi connectivity index (χ1v) is 10.8. The Kier molecular flexibility index (Phi) is 5.98. The van der Waals surface area contributed by atoms with Crippen molar-refractivity contribution < 1.29 is 23.2 Å². The van der Waals surface area contributed by atoms with E-state index in [2.05, 4.69) is 0 Å². The third-order valence-corrected chi connectivity index (χ3v) is 7.23. The summed E-state index contributed by atoms with van der Waals surface area (Å²) in [4.78, 5) is 0. The Hall–Kier alpha value is -1.67. The summed E-state index contributed by atoms with van der Waals surface area (Å²) in [6, 6.07) is 11.5. The van der Waals surface area contributed by atoms with Gasteiger partial charge in [-0.3, -0.25) is 4.55 Å². The quantitative estimate of drug-likeness (QED) is 0.311. The molecule has 1 unspecified atom stereocenters. The summed E-state index contributed by atoms with van der Waals surface area (Å²) in [6.45, 7) is 0. The lowest BCUT2D eigenvalue weighted by Gasteiger charge is -2.34. The highest BCUT2D eigenvalue weighted by Crippen LogP contribution is 2.52. The third-order valence-electron chi connectivity index (χ3n) is 4.42. The van der Waals surface area contributed by atoms with Crippen LogP contribution in [-0.2, 0) is 14.9 Å². The lowest BCUT2D eigenvalue weighted by atomic mass is 9.83. The molecule has 0 bridgehead atoms. The van der Waals surface area contributed by atoms with Crippen LogP contribution >= 0.6 is 46.4 Å². The lowest BCUT2D eigenvalue weighted by Crippen LogP contribution is -2.38. The van der Waals surface area contributed by atoms with E-state index in [1.807, 2.05) is 0 Å². The number of rotatable bonds is 4. The Morgan fingerprint density at radius 3 is 1.93 bits per heavy atom. The number of phenolic OH excluding ortho intramolecular Hbond substituents is 2. The van der Waals surface area contributed by atoms with Gasteiger partial charge in [-0.25, -0.2) is 0 Å². The monoisotopic (exact) mass is 492 g/mol. The Labute approximate surface area is 186 Å². The molecule has 0 fully saturated rings. The van der Waals surface area contributed by atoms with Crippen molar-refractivity contribution in [3.8, 4) is 11.5 Å². The zero-order chi connectivity index (χ0) is 21.6. The Bertz CT molecular complexity index is 1200. The van der Waals surface area contributed by atoms with Gasteiger partial charge in [0.05, 0.1) is 5.02 Å². The second-order valence-corrected chi connectivity index (χ2v) is 9.28. The predicted molar refractivity (Wildman–Crippen MR) is 114 cm³/mol. The van der Waals surface area contributed by atoms with E-state index >= 15 is 0 Å². The molecule has 10 heteroatoms. The first kappa shape index (κ1) is 22.0. The summed E-state index contributed by atoms with van der Waals surface area (Å²) in [5.41, 5.74) is -0.464. The third kappa shape index (κ3) is 3.65. The van der Waals surface area contributed by atoms with Crippen molar-refractivity contribution in [3.63, 3.8) is 0 Å². The Morgan fingerprint density at radius 2 is 1.34 bits per heavy atom. The van der Waals surface area contributed by atoms with Crippen molar-refractivity contribution in [2.45, 2.75) is 4.75 Å². The van der Waals surface area contributed by atoms with Crippen LogP contribution in [0.1, 0.15) is 16.7 Å². The van der Waals surface area contributed by atoms with Gasteiger partial charge >= 0.3 is 0 Å². The van der Waals surface area contributed by atoms with Gasteiger partial charge in [-0.1, -0.05) is 64.6 Å². The van der Waals surface area contributed by atoms with Gasteiger partial charge in [-0.2, -0.15) is 8.42 Å². The minimum atomic E-state index is -5.08. The van der Waals surface area contributed by atoms with Crippen LogP contribution in [0.4, 0.5) is 0 Å². The number of phenols is 2. The van der Waals surface area contributed by atoms with Crippen molar-refractivity contribution in [1.82, 2.24) is 0 Å². The highest BCUT2D eigenvalue weighted by atomic mass is 35.5. The molecule has 0 spiro atoms. The SMILES string of the molecule is O=S(=O)(O)C(c1ccc(O)cc1)(c1cc(Cl)ccc1Cl)c1ccc(Cl)c(Cl)c1O. The maximum atomic E-state index is 13.0. The van der Waals surface area contributed by atoms with E-state index in [-0.39, 0.29) is 42.5 Å². The molecule has 0 amide bonds. The van der Waals surface area contributed by atoms with E-state index in [9.17, 15) is 23.2 Å². The van der Waals surface area contributed by atoms with E-state index in [4.69, 9.17) is 46.4 Å². The van der Waals surface area contributed by atoms with Crippen LogP contribution in [0.3, 0.4) is 0 Å². The predicted octanol–water partition coefficient (Wildman–Crippen LogP) is 5.89. The fraction of sp³-hybridized carbons (Fsp3) is 0.0526. The van der Waals surface area contributed by atoms with Crippen molar-refractivity contribution >= 4 is 56.5 Å². The van der Waals surface area contributed by atoms with E-state index in [0.29, 0.717) is 0 Å². The molecule has 0 heterocycles. The molecule has 5 nitrogen and oxygen atoms in total. The summed E-state index contributed by atoms with van der Waals surface area (Å²) < 4.78 is 34.0. The van der Waals surface area contributed by atoms with Gasteiger partial charge in [-0.15, -0.1) is 0 Å². The molecule has 0 aliphatic carbocycles. The van der Waals surface area contributed by atoms with Gasteiger partial charge in [0, 0.05) is 21.2 Å². The molecule has 152 valence electrons. The summed E-state index contributed by atoms with van der Waals surface area (Å²) in [5, 5.41) is 20.1. The molecule has 3 aromatic carbocycles. The molecule has 3 rings (SSSR count). The molecule has 0 saturated carbocycles. The van der Waals surface area contributed by atoms with Gasteiger partial charge < -0.3 is 10.2 Å². The number of benzene rings is 3. The van der Waals surface area contributed by atoms with E-state index in [0.717, 1.165) is 0 Å². The van der Waals surface area contributed by atoms with Gasteiger partial charge in [0.1, 0.15) is 16.5 Å². The number of halogens is 4. The van der Waals surface area contributed by atoms with Gasteiger partial charge in [0.2, 0.25) is 0 Å². The summed E-state index contributed by atoms with van der Waals surface area (Å²) >= 11 is 24.4. The molecule has 3 N–H and O–H groups in total. The zero-order valence-corrected chi connectivity index (χ0v) is 18.1. The molecular weight excluding hydrogens is 482 g/mol. The average Bonchev–Trinajstić information content (AvgIpc) is 2.65. The van der Waals surface area contributed by atoms with Crippen LogP contribution in [-0.4, -0.2) is 23.2 Å². The summed E-state index contributed by atoms with van der Waals surface area (Å²) in [7, 11) is -5.08. The molecule has 0 aromatic heterocycles. The van der Waals surface area contributed by atoms with Crippen molar-refractivity contribution in [1.29, 1.82) is 0 Å². The Balaban J connectivity index is 2.61. The maximum Gasteiger partial charge on any atom is 0.283 e. The minimum absolute atomic E-state index is 0.0277. The second-order valence-electron chi connectivity index (χ2n) is 6.08. The first-order valence-electron chi connectivity index (χ1n) is 7.89. The van der Waals surface area contributed by atoms with E-state index in [1.54, 1.807) is 0 Å². The van der Waals surface area contributed by atoms with Crippen LogP contribution in [0.2, 0.25) is 20.1 Å². The fourth-order valence-electron chi connectivity index (χ4n) is 3.17. The zero-order valence-electron chi connectivity index (χ0n) is 14.3. The topological polar surface area (TPSA) is 94.8 Å². The van der Waals surface area contributed by atoms with E-state index < -0.39 is 20.6 Å². The van der Waals surface area contributed by atoms with Crippen molar-refractivity contribution in [2.75, 3.05) is 0 Å². The molecule has 1 atom stereocenters. The minimum Gasteiger partial charge on any atom is -0.508 e. The molecule has 0 saturated heterocycles. The van der Waals surface area contributed by atoms with Gasteiger partial charge in [-0.05, 0) is 42.0 Å². The number of aromatic hydroxyl groups is 2. The largest absolute Gasteiger partial charge is 0.508 e. The molecule has 29 heavy (non-hydrogen) atoms. The molecule has 0 radical (unpaired) electrons. The van der Waals surface area contributed by atoms with E-state index in [1.165, 1.54) is 54.6 Å². The molecule has 0 aliphatic heterocycles. The normalized spacial score (nSPS) is 13.8. The number of hydrogen-bond donors (Lipinski definition) is 3. The average molecular weight is 494 g/mol. The first-order chi connectivity index (χ1) is 13.5. The Morgan fingerprint density at radius 1 is 0.759 bits per heavy atom. The number of hydrogen-bond acceptors (Lipinski definition) is 4. The maximum absolute atomic E-state index is 13.0. The summed E-state index contributed by atoms with van der Waals surface area (Å²) in [5.74, 6) is -0.811. The van der Waals surface area contributed by atoms with Gasteiger partial charge in [0.25, 0.3) is 10.1 Å². The molecule has 3 aromatic rings. The second kappa shape index (κ2) is 7.87. The fourth-order valence-corrected chi connectivity index (χ4v) is 5.30. The standard InChI is InChI=1S/C19H12Cl4O5S/c20-11-3-7-15(21)14(9-11)19(29(26,27)28,10-1-4-12(24)5-2-10)13-6-8-16(22)17(23)18(13)25/h1-9,24-25H,(H,26,27,28). The van der Waals surface area contributed by atoms with Crippen LogP contribution < -0.4 is 0 Å². The summed E-state index contributed by atoms with van der Waals surface area (Å²) in [6.07, 6.45) is 0. The van der Waals surface area contributed by atoms with Crippen LogP contribution in [0, 0.1) is 0 Å². The molecule has 0 aliphatic rings. The van der Waals surface area contributed by atoms with Crippen LogP contribution in [0.15, 0.2) is 54.6 Å².